The van der Waals surface area contributed by atoms with Gasteiger partial charge in [-0.25, -0.2) is 18.6 Å². The molecule has 0 radical (unpaired) electrons. The van der Waals surface area contributed by atoms with Crippen LogP contribution in [-0.2, 0) is 19.2 Å². The van der Waals surface area contributed by atoms with E-state index in [1.165, 1.54) is 36.4 Å². The molecule has 3 aliphatic heterocycles. The van der Waals surface area contributed by atoms with Gasteiger partial charge < -0.3 is 0 Å². The Hall–Kier alpha value is -3.50. The Labute approximate surface area is 194 Å². The van der Waals surface area contributed by atoms with Crippen LogP contribution < -0.4 is 9.80 Å². The van der Waals surface area contributed by atoms with Crippen molar-refractivity contribution in [2.75, 3.05) is 36.0 Å². The van der Waals surface area contributed by atoms with Gasteiger partial charge in [-0.15, -0.1) is 0 Å². The van der Waals surface area contributed by atoms with Crippen LogP contribution in [0.1, 0.15) is 12.8 Å². The third-order valence-electron chi connectivity index (χ3n) is 6.66. The molecule has 0 unspecified atom stereocenters. The third kappa shape index (κ3) is 3.68. The van der Waals surface area contributed by atoms with Crippen molar-refractivity contribution in [2.45, 2.75) is 24.9 Å². The number of hydrogen-bond donors (Lipinski definition) is 0. The maximum Gasteiger partial charge on any atom is 0.251 e. The number of imide groups is 2. The Morgan fingerprint density at radius 1 is 0.588 bits per heavy atom. The van der Waals surface area contributed by atoms with E-state index < -0.39 is 47.3 Å². The number of anilines is 2. The lowest BCUT2D eigenvalue weighted by Crippen LogP contribution is -2.56. The molecule has 10 heteroatoms. The van der Waals surface area contributed by atoms with Gasteiger partial charge in [-0.1, -0.05) is 24.3 Å². The van der Waals surface area contributed by atoms with E-state index in [2.05, 4.69) is 0 Å². The minimum absolute atomic E-state index is 0.0466. The van der Waals surface area contributed by atoms with Crippen LogP contribution in [0.2, 0.25) is 0 Å². The Bertz CT molecular complexity index is 1090. The van der Waals surface area contributed by atoms with Crippen LogP contribution >= 0.6 is 0 Å². The van der Waals surface area contributed by atoms with Gasteiger partial charge in [0.2, 0.25) is 11.8 Å². The molecule has 3 fully saturated rings. The fourth-order valence-corrected chi connectivity index (χ4v) is 4.94. The summed E-state index contributed by atoms with van der Waals surface area (Å²) in [6.07, 6.45) is -0.0931. The van der Waals surface area contributed by atoms with E-state index in [9.17, 15) is 28.0 Å². The molecule has 2 atom stereocenters. The second kappa shape index (κ2) is 8.69. The average Bonchev–Trinajstić information content (AvgIpc) is 3.29. The van der Waals surface area contributed by atoms with Gasteiger partial charge in [-0.05, 0) is 24.3 Å². The summed E-state index contributed by atoms with van der Waals surface area (Å²) >= 11 is 0. The molecule has 3 aliphatic rings. The highest BCUT2D eigenvalue weighted by atomic mass is 19.1. The Morgan fingerprint density at radius 2 is 0.941 bits per heavy atom. The zero-order valence-corrected chi connectivity index (χ0v) is 18.2. The molecule has 4 amide bonds. The third-order valence-corrected chi connectivity index (χ3v) is 6.66. The normalized spacial score (nSPS) is 24.5. The monoisotopic (exact) mass is 468 g/mol. The van der Waals surface area contributed by atoms with Crippen molar-refractivity contribution in [2.24, 2.45) is 0 Å². The number of carbonyl (C=O) groups is 4. The smallest absolute Gasteiger partial charge is 0.251 e. The van der Waals surface area contributed by atoms with Crippen LogP contribution in [0.25, 0.3) is 0 Å². The van der Waals surface area contributed by atoms with E-state index in [0.717, 1.165) is 9.80 Å². The highest BCUT2D eigenvalue weighted by Gasteiger charge is 2.47. The van der Waals surface area contributed by atoms with E-state index in [4.69, 9.17) is 0 Å². The molecule has 34 heavy (non-hydrogen) atoms. The first-order chi connectivity index (χ1) is 16.4. The van der Waals surface area contributed by atoms with Crippen molar-refractivity contribution in [3.8, 4) is 0 Å². The van der Waals surface area contributed by atoms with Crippen LogP contribution in [0.5, 0.6) is 0 Å². The van der Waals surface area contributed by atoms with E-state index in [1.54, 1.807) is 12.1 Å². The summed E-state index contributed by atoms with van der Waals surface area (Å²) in [5.41, 5.74) is -0.108. The van der Waals surface area contributed by atoms with Crippen molar-refractivity contribution in [1.29, 1.82) is 0 Å². The zero-order valence-electron chi connectivity index (χ0n) is 18.2. The fourth-order valence-electron chi connectivity index (χ4n) is 4.94. The Morgan fingerprint density at radius 3 is 1.29 bits per heavy atom. The van der Waals surface area contributed by atoms with Gasteiger partial charge in [-0.2, -0.15) is 0 Å². The van der Waals surface area contributed by atoms with Gasteiger partial charge >= 0.3 is 0 Å². The number of rotatable bonds is 4. The van der Waals surface area contributed by atoms with E-state index in [-0.39, 0.29) is 24.2 Å². The number of benzene rings is 2. The number of para-hydroxylation sites is 2. The predicted molar refractivity (Wildman–Crippen MR) is 118 cm³/mol. The lowest BCUT2D eigenvalue weighted by atomic mass is 10.1. The summed E-state index contributed by atoms with van der Waals surface area (Å²) in [6.45, 7) is 1.58. The van der Waals surface area contributed by atoms with Gasteiger partial charge in [-0.3, -0.25) is 29.0 Å². The van der Waals surface area contributed by atoms with Gasteiger partial charge in [0, 0.05) is 26.2 Å². The average molecular weight is 468 g/mol. The lowest BCUT2D eigenvalue weighted by Gasteiger charge is -2.38. The van der Waals surface area contributed by atoms with E-state index in [1.807, 2.05) is 9.80 Å². The van der Waals surface area contributed by atoms with Crippen molar-refractivity contribution in [1.82, 2.24) is 9.80 Å². The van der Waals surface area contributed by atoms with Gasteiger partial charge in [0.15, 0.2) is 0 Å². The van der Waals surface area contributed by atoms with Crippen LogP contribution in [0.15, 0.2) is 48.5 Å². The van der Waals surface area contributed by atoms with Crippen molar-refractivity contribution >= 4 is 35.0 Å². The molecular formula is C24H22F2N4O4. The summed E-state index contributed by atoms with van der Waals surface area (Å²) in [5.74, 6) is -3.14. The summed E-state index contributed by atoms with van der Waals surface area (Å²) in [6, 6.07) is 9.90. The molecule has 0 saturated carbocycles. The Balaban J connectivity index is 1.25. The molecule has 2 aromatic carbocycles. The molecule has 0 N–H and O–H groups in total. The molecular weight excluding hydrogens is 446 g/mol. The van der Waals surface area contributed by atoms with Crippen LogP contribution in [0.4, 0.5) is 20.2 Å². The van der Waals surface area contributed by atoms with Crippen LogP contribution in [0.3, 0.4) is 0 Å². The predicted octanol–water partition coefficient (Wildman–Crippen LogP) is 1.55. The SMILES string of the molecule is O=C1C[C@@H](N2CCN([C@@H]3CC(=O)N(c4ccccc4F)C3=O)CC2)C(=O)N1c1ccccc1F. The molecule has 0 spiro atoms. The number of hydrogen-bond acceptors (Lipinski definition) is 6. The topological polar surface area (TPSA) is 81.2 Å². The highest BCUT2D eigenvalue weighted by molar-refractivity contribution is 6.23. The number of halogens is 2. The molecule has 0 aromatic heterocycles. The molecule has 8 nitrogen and oxygen atoms in total. The standard InChI is InChI=1S/C24H22F2N4O4/c25-15-5-1-3-7-17(15)29-21(31)13-19(23(29)33)27-9-11-28(12-10-27)20-14-22(32)30(24(20)34)18-8-4-2-6-16(18)26/h1-8,19-20H,9-14H2/t19-,20-/m1/s1. The van der Waals surface area contributed by atoms with Crippen molar-refractivity contribution in [3.63, 3.8) is 0 Å². The number of carbonyl (C=O) groups excluding carboxylic acids is 4. The lowest BCUT2D eigenvalue weighted by molar-refractivity contribution is -0.126. The first-order valence-corrected chi connectivity index (χ1v) is 11.1. The maximum atomic E-state index is 14.2. The minimum Gasteiger partial charge on any atom is -0.289 e. The van der Waals surface area contributed by atoms with Crippen LogP contribution in [-0.4, -0.2) is 71.7 Å². The summed E-state index contributed by atoms with van der Waals surface area (Å²) in [4.78, 5) is 56.5. The highest BCUT2D eigenvalue weighted by Crippen LogP contribution is 2.31. The first kappa shape index (κ1) is 22.3. The fraction of sp³-hybridized carbons (Fsp3) is 0.333. The maximum absolute atomic E-state index is 14.2. The second-order valence-electron chi connectivity index (χ2n) is 8.55. The molecule has 0 aliphatic carbocycles. The van der Waals surface area contributed by atoms with Gasteiger partial charge in [0.05, 0.1) is 36.3 Å². The first-order valence-electron chi connectivity index (χ1n) is 11.1. The van der Waals surface area contributed by atoms with Crippen molar-refractivity contribution in [3.05, 3.63) is 60.2 Å². The second-order valence-corrected chi connectivity index (χ2v) is 8.55. The molecule has 2 aromatic rings. The van der Waals surface area contributed by atoms with E-state index in [0.29, 0.717) is 26.2 Å². The molecule has 0 bridgehead atoms. The summed E-state index contributed by atoms with van der Waals surface area (Å²) < 4.78 is 28.4. The zero-order chi connectivity index (χ0) is 24.0. The summed E-state index contributed by atoms with van der Waals surface area (Å²) in [7, 11) is 0. The molecule has 5 rings (SSSR count). The van der Waals surface area contributed by atoms with Crippen molar-refractivity contribution < 1.29 is 28.0 Å². The number of piperazine rings is 1. The molecule has 176 valence electrons. The quantitative estimate of drug-likeness (QED) is 0.634. The van der Waals surface area contributed by atoms with Crippen LogP contribution in [0, 0.1) is 11.6 Å². The minimum atomic E-state index is -0.704. The number of amides is 4. The van der Waals surface area contributed by atoms with Gasteiger partial charge in [0.1, 0.15) is 11.6 Å². The largest absolute Gasteiger partial charge is 0.289 e. The van der Waals surface area contributed by atoms with E-state index >= 15 is 0 Å². The Kier molecular flexibility index (Phi) is 5.70. The number of nitrogens with zero attached hydrogens (tertiary/aromatic N) is 4. The molecule has 3 heterocycles. The van der Waals surface area contributed by atoms with Gasteiger partial charge in [0.25, 0.3) is 11.8 Å². The summed E-state index contributed by atoms with van der Waals surface area (Å²) in [5, 5.41) is 0. The molecule has 3 saturated heterocycles.